The Labute approximate surface area is 176 Å². The standard InChI is InChI=1S/C20H21F3N2O4S/c1-3-28-18(26)11(19(27)29-4-2)8-14-15-7-10(9-25(15)20(30)24-14)16-12(21)5-6-13(22)17(16)23/h5-6,10-11H,3-4,7-9H2,1-2H3,(H,24,30). The highest BCUT2D eigenvalue weighted by molar-refractivity contribution is 7.71. The summed E-state index contributed by atoms with van der Waals surface area (Å²) in [5, 5.41) is 0. The second kappa shape index (κ2) is 9.03. The van der Waals surface area contributed by atoms with Gasteiger partial charge >= 0.3 is 11.9 Å². The third-order valence-electron chi connectivity index (χ3n) is 5.06. The minimum Gasteiger partial charge on any atom is -0.465 e. The first-order valence-corrected chi connectivity index (χ1v) is 9.96. The Morgan fingerprint density at radius 1 is 1.17 bits per heavy atom. The Hall–Kier alpha value is -2.62. The van der Waals surface area contributed by atoms with Gasteiger partial charge < -0.3 is 19.0 Å². The van der Waals surface area contributed by atoms with Gasteiger partial charge in [0.2, 0.25) is 0 Å². The molecule has 10 heteroatoms. The second-order valence-corrected chi connectivity index (χ2v) is 7.27. The lowest BCUT2D eigenvalue weighted by Crippen LogP contribution is -2.30. The maximum absolute atomic E-state index is 14.3. The summed E-state index contributed by atoms with van der Waals surface area (Å²) in [5.74, 6) is -6.52. The Morgan fingerprint density at radius 2 is 1.77 bits per heavy atom. The van der Waals surface area contributed by atoms with Crippen LogP contribution < -0.4 is 0 Å². The molecule has 2 aromatic rings. The van der Waals surface area contributed by atoms with Gasteiger partial charge in [-0.3, -0.25) is 9.59 Å². The van der Waals surface area contributed by atoms with Crippen molar-refractivity contribution in [1.82, 2.24) is 9.55 Å². The topological polar surface area (TPSA) is 73.3 Å². The van der Waals surface area contributed by atoms with E-state index in [9.17, 15) is 22.8 Å². The van der Waals surface area contributed by atoms with Crippen molar-refractivity contribution in [2.24, 2.45) is 5.92 Å². The molecule has 6 nitrogen and oxygen atoms in total. The van der Waals surface area contributed by atoms with Gasteiger partial charge in [0.05, 0.1) is 13.2 Å². The molecule has 0 fully saturated rings. The molecule has 1 aromatic carbocycles. The molecule has 1 aromatic heterocycles. The third kappa shape index (κ3) is 4.14. The van der Waals surface area contributed by atoms with Crippen LogP contribution in [0, 0.1) is 28.1 Å². The molecule has 1 unspecified atom stereocenters. The highest BCUT2D eigenvalue weighted by atomic mass is 32.1. The summed E-state index contributed by atoms with van der Waals surface area (Å²) < 4.78 is 54.0. The zero-order chi connectivity index (χ0) is 22.0. The number of hydrogen-bond acceptors (Lipinski definition) is 5. The number of ether oxygens (including phenoxy) is 2. The van der Waals surface area contributed by atoms with Crippen molar-refractivity contribution < 1.29 is 32.2 Å². The molecule has 0 aliphatic carbocycles. The van der Waals surface area contributed by atoms with Gasteiger partial charge in [0.15, 0.2) is 22.3 Å². The van der Waals surface area contributed by atoms with E-state index in [2.05, 4.69) is 4.98 Å². The van der Waals surface area contributed by atoms with E-state index in [1.165, 1.54) is 0 Å². The first kappa shape index (κ1) is 22.1. The van der Waals surface area contributed by atoms with Crippen LogP contribution in [0.3, 0.4) is 0 Å². The van der Waals surface area contributed by atoms with Gasteiger partial charge in [-0.05, 0) is 44.6 Å². The molecular formula is C20H21F3N2O4S. The summed E-state index contributed by atoms with van der Waals surface area (Å²) in [4.78, 5) is 27.5. The van der Waals surface area contributed by atoms with E-state index in [0.717, 1.165) is 12.1 Å². The molecule has 162 valence electrons. The van der Waals surface area contributed by atoms with Gasteiger partial charge in [0, 0.05) is 35.8 Å². The summed E-state index contributed by atoms with van der Waals surface area (Å²) >= 11 is 5.29. The maximum Gasteiger partial charge on any atom is 0.320 e. The molecule has 0 saturated heterocycles. The monoisotopic (exact) mass is 442 g/mol. The second-order valence-electron chi connectivity index (χ2n) is 6.88. The molecule has 1 aliphatic heterocycles. The van der Waals surface area contributed by atoms with E-state index in [-0.39, 0.29) is 42.9 Å². The van der Waals surface area contributed by atoms with Crippen LogP contribution in [0.4, 0.5) is 13.2 Å². The first-order chi connectivity index (χ1) is 14.3. The van der Waals surface area contributed by atoms with Crippen molar-refractivity contribution in [3.63, 3.8) is 0 Å². The van der Waals surface area contributed by atoms with E-state index in [0.29, 0.717) is 11.4 Å². The van der Waals surface area contributed by atoms with Crippen LogP contribution in [-0.4, -0.2) is 34.7 Å². The Morgan fingerprint density at radius 3 is 2.37 bits per heavy atom. The van der Waals surface area contributed by atoms with E-state index in [1.807, 2.05) is 0 Å². The summed E-state index contributed by atoms with van der Waals surface area (Å²) in [6, 6.07) is 1.63. The number of aromatic nitrogens is 2. The van der Waals surface area contributed by atoms with Crippen molar-refractivity contribution in [1.29, 1.82) is 0 Å². The number of H-pyrrole nitrogens is 1. The van der Waals surface area contributed by atoms with Crippen LogP contribution in [0.2, 0.25) is 0 Å². The largest absolute Gasteiger partial charge is 0.465 e. The molecule has 0 spiro atoms. The van der Waals surface area contributed by atoms with Gasteiger partial charge in [-0.1, -0.05) is 0 Å². The normalized spacial score (nSPS) is 15.3. The summed E-state index contributed by atoms with van der Waals surface area (Å²) in [6.07, 6.45) is 0.0998. The summed E-state index contributed by atoms with van der Waals surface area (Å²) in [5.41, 5.74) is 0.740. The maximum atomic E-state index is 14.3. The molecule has 0 saturated carbocycles. The molecule has 1 atom stereocenters. The van der Waals surface area contributed by atoms with Crippen molar-refractivity contribution in [3.8, 4) is 0 Å². The molecule has 0 amide bonds. The molecular weight excluding hydrogens is 421 g/mol. The minimum atomic E-state index is -1.22. The molecule has 0 bridgehead atoms. The van der Waals surface area contributed by atoms with Crippen LogP contribution in [-0.2, 0) is 38.4 Å². The minimum absolute atomic E-state index is 0.0650. The number of halogens is 3. The smallest absolute Gasteiger partial charge is 0.320 e. The fourth-order valence-electron chi connectivity index (χ4n) is 3.73. The fourth-order valence-corrected chi connectivity index (χ4v) is 4.04. The predicted molar refractivity (Wildman–Crippen MR) is 103 cm³/mol. The molecule has 3 rings (SSSR count). The molecule has 0 radical (unpaired) electrons. The van der Waals surface area contributed by atoms with Crippen molar-refractivity contribution in [3.05, 3.63) is 51.3 Å². The summed E-state index contributed by atoms with van der Waals surface area (Å²) in [6.45, 7) is 3.58. The van der Waals surface area contributed by atoms with Crippen LogP contribution in [0.25, 0.3) is 0 Å². The number of carbonyl (C=O) groups excluding carboxylic acids is 2. The number of hydrogen-bond donors (Lipinski definition) is 1. The molecule has 1 N–H and O–H groups in total. The number of aromatic amines is 1. The average molecular weight is 442 g/mol. The summed E-state index contributed by atoms with van der Waals surface area (Å²) in [7, 11) is 0. The number of carbonyl (C=O) groups is 2. The number of rotatable bonds is 7. The highest BCUT2D eigenvalue weighted by Gasteiger charge is 2.35. The van der Waals surface area contributed by atoms with Crippen molar-refractivity contribution in [2.75, 3.05) is 13.2 Å². The van der Waals surface area contributed by atoms with Crippen LogP contribution >= 0.6 is 12.2 Å². The Bertz CT molecular complexity index is 1020. The van der Waals surface area contributed by atoms with Crippen LogP contribution in [0.1, 0.15) is 36.7 Å². The lowest BCUT2D eigenvalue weighted by molar-refractivity contribution is -0.161. The highest BCUT2D eigenvalue weighted by Crippen LogP contribution is 2.35. The van der Waals surface area contributed by atoms with Gasteiger partial charge in [-0.25, -0.2) is 13.2 Å². The van der Waals surface area contributed by atoms with Crippen LogP contribution in [0.5, 0.6) is 0 Å². The van der Waals surface area contributed by atoms with Crippen LogP contribution in [0.15, 0.2) is 12.1 Å². The SMILES string of the molecule is CCOC(=O)C(Cc1[nH]c(=S)n2c1CC(c1c(F)ccc(F)c1F)C2)C(=O)OCC. The number of nitrogens with one attached hydrogen (secondary N) is 1. The van der Waals surface area contributed by atoms with E-state index in [1.54, 1.807) is 18.4 Å². The van der Waals surface area contributed by atoms with Crippen molar-refractivity contribution >= 4 is 24.2 Å². The molecule has 30 heavy (non-hydrogen) atoms. The quantitative estimate of drug-likeness (QED) is 0.307. The van der Waals surface area contributed by atoms with Gasteiger partial charge in [0.25, 0.3) is 0 Å². The molecule has 1 aliphatic rings. The lowest BCUT2D eigenvalue weighted by Gasteiger charge is -2.15. The fraction of sp³-hybridized carbons (Fsp3) is 0.450. The number of nitrogens with zero attached hydrogens (tertiary/aromatic N) is 1. The van der Waals surface area contributed by atoms with E-state index >= 15 is 0 Å². The third-order valence-corrected chi connectivity index (χ3v) is 5.38. The Kier molecular flexibility index (Phi) is 6.64. The number of benzene rings is 1. The molecule has 2 heterocycles. The predicted octanol–water partition coefficient (Wildman–Crippen LogP) is 3.59. The van der Waals surface area contributed by atoms with E-state index < -0.39 is 41.2 Å². The first-order valence-electron chi connectivity index (χ1n) is 9.55. The zero-order valence-electron chi connectivity index (χ0n) is 16.5. The Balaban J connectivity index is 1.91. The zero-order valence-corrected chi connectivity index (χ0v) is 17.3. The van der Waals surface area contributed by atoms with Crippen molar-refractivity contribution in [2.45, 2.75) is 39.2 Å². The lowest BCUT2D eigenvalue weighted by atomic mass is 9.94. The number of imidazole rings is 1. The van der Waals surface area contributed by atoms with Gasteiger partial charge in [-0.2, -0.15) is 0 Å². The average Bonchev–Trinajstić information content (AvgIpc) is 3.24. The van der Waals surface area contributed by atoms with Gasteiger partial charge in [-0.15, -0.1) is 0 Å². The number of fused-ring (bicyclic) bond motifs is 1. The van der Waals surface area contributed by atoms with E-state index in [4.69, 9.17) is 21.7 Å². The van der Waals surface area contributed by atoms with Gasteiger partial charge in [0.1, 0.15) is 5.82 Å². The number of esters is 2.